The van der Waals surface area contributed by atoms with Crippen LogP contribution in [-0.4, -0.2) is 57.8 Å². The first-order valence-electron chi connectivity index (χ1n) is 18.5. The van der Waals surface area contributed by atoms with Gasteiger partial charge in [-0.05, 0) is 34.4 Å². The molecule has 0 fully saturated rings. The van der Waals surface area contributed by atoms with E-state index in [2.05, 4.69) is 0 Å². The predicted molar refractivity (Wildman–Crippen MR) is 226 cm³/mol. The van der Waals surface area contributed by atoms with Crippen LogP contribution in [0.25, 0.3) is 87.7 Å². The fourth-order valence-corrected chi connectivity index (χ4v) is 8.65. The number of hydrogen-bond acceptors (Lipinski definition) is 15. The minimum atomic E-state index is -1.000. The summed E-state index contributed by atoms with van der Waals surface area (Å²) in [4.78, 5) is 36.5. The lowest BCUT2D eigenvalue weighted by Crippen LogP contribution is -2.11. The van der Waals surface area contributed by atoms with Crippen LogP contribution >= 0.6 is 11.3 Å². The molecule has 0 aliphatic carbocycles. The van der Waals surface area contributed by atoms with Crippen molar-refractivity contribution in [1.29, 1.82) is 0 Å². The first-order chi connectivity index (χ1) is 29.6. The van der Waals surface area contributed by atoms with Crippen LogP contribution in [-0.2, 0) is 4.89 Å². The van der Waals surface area contributed by atoms with Gasteiger partial charge in [0.25, 0.3) is 0 Å². The zero-order chi connectivity index (χ0) is 42.1. The normalized spacial score (nSPS) is 11.8. The van der Waals surface area contributed by atoms with E-state index in [9.17, 15) is 35.7 Å². The van der Waals surface area contributed by atoms with Crippen LogP contribution in [0.2, 0.25) is 0 Å². The van der Waals surface area contributed by atoms with Crippen molar-refractivity contribution in [3.63, 3.8) is 0 Å². The minimum Gasteiger partial charge on any atom is -0.504 e. The largest absolute Gasteiger partial charge is 0.504 e. The average molecular weight is 832 g/mol. The third kappa shape index (κ3) is 5.86. The van der Waals surface area contributed by atoms with Gasteiger partial charge in [-0.2, -0.15) is 4.89 Å². The summed E-state index contributed by atoms with van der Waals surface area (Å²) in [5.41, 5.74) is 4.72. The predicted octanol–water partition coefficient (Wildman–Crippen LogP) is 9.81. The van der Waals surface area contributed by atoms with Crippen LogP contribution in [0.5, 0.6) is 57.5 Å². The number of rotatable bonds is 7. The van der Waals surface area contributed by atoms with Crippen LogP contribution in [0, 0.1) is 0 Å². The highest BCUT2D eigenvalue weighted by Gasteiger charge is 2.38. The molecule has 1 aliphatic rings. The van der Waals surface area contributed by atoms with Crippen LogP contribution in [0.3, 0.4) is 0 Å². The molecule has 9 aromatic rings. The third-order valence-corrected chi connectivity index (χ3v) is 11.5. The van der Waals surface area contributed by atoms with Crippen molar-refractivity contribution < 1.29 is 55.3 Å². The Morgan fingerprint density at radius 1 is 0.459 bits per heavy atom. The highest BCUT2D eigenvalue weighted by Crippen LogP contribution is 2.63. The number of phenols is 7. The van der Waals surface area contributed by atoms with E-state index < -0.39 is 46.0 Å². The monoisotopic (exact) mass is 831 g/mol. The molecular weight excluding hydrogens is 803 g/mol. The van der Waals surface area contributed by atoms with Gasteiger partial charge in [-0.15, -0.1) is 11.3 Å². The van der Waals surface area contributed by atoms with Crippen molar-refractivity contribution in [2.24, 2.45) is 0 Å². The fraction of sp³-hybridized carbons (Fsp3) is 0.0217. The van der Waals surface area contributed by atoms with E-state index in [1.807, 2.05) is 109 Å². The van der Waals surface area contributed by atoms with E-state index in [1.165, 1.54) is 13.2 Å². The highest BCUT2D eigenvalue weighted by atomic mass is 32.1. The number of benzene rings is 7. The van der Waals surface area contributed by atoms with Gasteiger partial charge >= 0.3 is 0 Å². The van der Waals surface area contributed by atoms with E-state index in [0.29, 0.717) is 11.1 Å². The molecule has 0 radical (unpaired) electrons. The Balaban J connectivity index is 1.22. The van der Waals surface area contributed by atoms with Crippen molar-refractivity contribution in [2.45, 2.75) is 0 Å². The van der Waals surface area contributed by atoms with Gasteiger partial charge in [-0.25, -0.2) is 15.0 Å². The maximum absolute atomic E-state index is 11.8. The molecule has 7 aromatic carbocycles. The van der Waals surface area contributed by atoms with Crippen LogP contribution in [0.1, 0.15) is 0 Å². The summed E-state index contributed by atoms with van der Waals surface area (Å²) in [6.07, 6.45) is 0. The first-order valence-corrected chi connectivity index (χ1v) is 19.3. The summed E-state index contributed by atoms with van der Waals surface area (Å²) in [5, 5.41) is 77.0. The Labute approximate surface area is 348 Å². The fourth-order valence-electron chi connectivity index (χ4n) is 7.46. The molecule has 15 heteroatoms. The van der Waals surface area contributed by atoms with Gasteiger partial charge in [0.15, 0.2) is 46.2 Å². The summed E-state index contributed by atoms with van der Waals surface area (Å²) >= 11 is 0.858. The number of hydrogen-bond donors (Lipinski definition) is 7. The Morgan fingerprint density at radius 3 is 1.70 bits per heavy atom. The number of phenolic OH excluding ortho intramolecular Hbond substituents is 7. The van der Waals surface area contributed by atoms with Crippen LogP contribution in [0.15, 0.2) is 115 Å². The Morgan fingerprint density at radius 2 is 1.02 bits per heavy atom. The SMILES string of the molecule is COOc1c(-c2nc(-c3ccc(-c4ccccc4)cc3)nc(-c3cccc(-c4ccccc4)c3)n2)c(O)c(O)c2c1-c1cc3sc4c(O)c(O)c(O)c(O)c4c3c(O)c1OO2. The van der Waals surface area contributed by atoms with Crippen LogP contribution < -0.4 is 14.7 Å². The average Bonchev–Trinajstić information content (AvgIpc) is 3.70. The molecular formula is C46H29N3O11S. The number of fused-ring (bicyclic) bond motifs is 6. The van der Waals surface area contributed by atoms with Gasteiger partial charge in [0.05, 0.1) is 28.1 Å². The molecule has 0 amide bonds. The van der Waals surface area contributed by atoms with Gasteiger partial charge in [0, 0.05) is 21.4 Å². The van der Waals surface area contributed by atoms with Crippen molar-refractivity contribution >= 4 is 31.5 Å². The molecule has 14 nitrogen and oxygen atoms in total. The number of thiophene rings is 1. The van der Waals surface area contributed by atoms with Crippen LogP contribution in [0.4, 0.5) is 0 Å². The molecule has 0 saturated carbocycles. The lowest BCUT2D eigenvalue weighted by Gasteiger charge is -2.24. The molecule has 1 aliphatic heterocycles. The van der Waals surface area contributed by atoms with E-state index in [-0.39, 0.29) is 65.8 Å². The molecule has 0 bridgehead atoms. The molecule has 0 atom stereocenters. The van der Waals surface area contributed by atoms with Gasteiger partial charge in [-0.1, -0.05) is 103 Å². The number of aromatic hydroxyl groups is 7. The Hall–Kier alpha value is -8.27. The summed E-state index contributed by atoms with van der Waals surface area (Å²) in [6.45, 7) is 0. The lowest BCUT2D eigenvalue weighted by molar-refractivity contribution is -0.178. The van der Waals surface area contributed by atoms with E-state index in [1.54, 1.807) is 0 Å². The topological polar surface area (TPSA) is 217 Å². The quantitative estimate of drug-likeness (QED) is 0.0344. The first kappa shape index (κ1) is 37.0. The molecule has 3 heterocycles. The summed E-state index contributed by atoms with van der Waals surface area (Å²) in [6, 6.07) is 36.2. The molecule has 10 rings (SSSR count). The number of aromatic nitrogens is 3. The van der Waals surface area contributed by atoms with E-state index in [4.69, 9.17) is 34.5 Å². The molecule has 2 aromatic heterocycles. The highest BCUT2D eigenvalue weighted by molar-refractivity contribution is 7.26. The Bertz CT molecular complexity index is 3230. The molecule has 300 valence electrons. The molecule has 61 heavy (non-hydrogen) atoms. The maximum atomic E-state index is 11.8. The zero-order valence-corrected chi connectivity index (χ0v) is 32.3. The zero-order valence-electron chi connectivity index (χ0n) is 31.5. The summed E-state index contributed by atoms with van der Waals surface area (Å²) in [7, 11) is 1.21. The Kier molecular flexibility index (Phi) is 8.64. The van der Waals surface area contributed by atoms with Gasteiger partial charge in [-0.3, -0.25) is 9.78 Å². The standard InChI is InChI=1S/C46H29N3O11S/c1-57-58-41-29-27-20-28-30(31-33(50)36(53)37(54)39(56)43(31)61-28)35(52)40(27)59-60-42(29)38(55)34(51)32(41)46-48-44(24-17-15-23(16-18-24)21-9-4-2-5-10-21)47-45(49-46)26-14-8-13-25(19-26)22-11-6-3-7-12-22/h2-20,50-56H,1H3. The summed E-state index contributed by atoms with van der Waals surface area (Å²) < 4.78 is 0.153. The summed E-state index contributed by atoms with van der Waals surface area (Å²) in [5.74, 6) is -6.44. The van der Waals surface area contributed by atoms with Crippen molar-refractivity contribution in [3.8, 4) is 125 Å². The second-order valence-corrected chi connectivity index (χ2v) is 14.9. The van der Waals surface area contributed by atoms with Gasteiger partial charge in [0.2, 0.25) is 28.7 Å². The maximum Gasteiger partial charge on any atom is 0.235 e. The van der Waals surface area contributed by atoms with Crippen molar-refractivity contribution in [2.75, 3.05) is 7.11 Å². The molecule has 0 spiro atoms. The van der Waals surface area contributed by atoms with Gasteiger partial charge < -0.3 is 40.6 Å². The molecule has 0 unspecified atom stereocenters. The van der Waals surface area contributed by atoms with Crippen molar-refractivity contribution in [1.82, 2.24) is 15.0 Å². The van der Waals surface area contributed by atoms with E-state index >= 15 is 0 Å². The smallest absolute Gasteiger partial charge is 0.235 e. The lowest BCUT2D eigenvalue weighted by atomic mass is 9.95. The van der Waals surface area contributed by atoms with Crippen molar-refractivity contribution in [3.05, 3.63) is 115 Å². The second-order valence-electron chi connectivity index (χ2n) is 13.9. The number of nitrogens with zero attached hydrogens (tertiary/aromatic N) is 3. The van der Waals surface area contributed by atoms with E-state index in [0.717, 1.165) is 33.6 Å². The minimum absolute atomic E-state index is 0.0374. The molecule has 0 saturated heterocycles. The third-order valence-electron chi connectivity index (χ3n) is 10.4. The van der Waals surface area contributed by atoms with Gasteiger partial charge in [0.1, 0.15) is 5.56 Å². The molecule has 7 N–H and O–H groups in total. The second kappa shape index (κ2) is 14.2.